The van der Waals surface area contributed by atoms with Gasteiger partial charge in [0.1, 0.15) is 11.9 Å². The average Bonchev–Trinajstić information content (AvgIpc) is 2.39. The summed E-state index contributed by atoms with van der Waals surface area (Å²) in [5.41, 5.74) is -0.0596. The summed E-state index contributed by atoms with van der Waals surface area (Å²) in [6, 6.07) is 5.29. The highest BCUT2D eigenvalue weighted by Gasteiger charge is 2.20. The second-order valence-corrected chi connectivity index (χ2v) is 3.80. The van der Waals surface area contributed by atoms with E-state index < -0.39 is 11.0 Å². The van der Waals surface area contributed by atoms with E-state index in [9.17, 15) is 14.9 Å². The number of non-ortho nitro benzene ring substituents is 1. The number of amides is 1. The van der Waals surface area contributed by atoms with E-state index in [0.29, 0.717) is 0 Å². The van der Waals surface area contributed by atoms with E-state index in [1.807, 2.05) is 0 Å². The number of carbonyl (C=O) groups excluding carboxylic acids is 1. The molecule has 98 valence electrons. The number of ether oxygens (including phenoxy) is 1. The largest absolute Gasteiger partial charge is 0.421 e. The maximum absolute atomic E-state index is 11.8. The second-order valence-electron chi connectivity index (χ2n) is 3.80. The van der Waals surface area contributed by atoms with Gasteiger partial charge in [-0.25, -0.2) is 4.79 Å². The molecular formula is C12H11N3O4. The quantitative estimate of drug-likeness (QED) is 0.604. The topological polar surface area (TPSA) is 85.0 Å². The van der Waals surface area contributed by atoms with Crippen molar-refractivity contribution >= 4 is 18.0 Å². The van der Waals surface area contributed by atoms with Crippen molar-refractivity contribution in [3.8, 4) is 5.75 Å². The fraction of sp³-hybridized carbons (Fsp3) is 0.167. The van der Waals surface area contributed by atoms with Crippen LogP contribution in [0.3, 0.4) is 0 Å². The Balaban J connectivity index is 2.04. The first-order valence-electron chi connectivity index (χ1n) is 5.52. The van der Waals surface area contributed by atoms with Crippen LogP contribution in [0.25, 0.3) is 0 Å². The highest BCUT2D eigenvalue weighted by molar-refractivity contribution is 5.78. The predicted octanol–water partition coefficient (Wildman–Crippen LogP) is 2.34. The number of nitro groups is 1. The van der Waals surface area contributed by atoms with Gasteiger partial charge in [0.25, 0.3) is 5.69 Å². The number of carbonyl (C=O) groups is 1. The van der Waals surface area contributed by atoms with Crippen molar-refractivity contribution in [2.45, 2.75) is 13.1 Å². The molecule has 1 aromatic carbocycles. The Morgan fingerprint density at radius 3 is 2.68 bits per heavy atom. The van der Waals surface area contributed by atoms with Crippen molar-refractivity contribution in [1.82, 2.24) is 4.90 Å². The third-order valence-electron chi connectivity index (χ3n) is 2.50. The molecule has 1 unspecified atom stereocenters. The van der Waals surface area contributed by atoms with E-state index in [2.05, 4.69) is 4.99 Å². The highest BCUT2D eigenvalue weighted by atomic mass is 16.6. The Kier molecular flexibility index (Phi) is 3.56. The summed E-state index contributed by atoms with van der Waals surface area (Å²) in [5.74, 6) is 0.241. The highest BCUT2D eigenvalue weighted by Crippen LogP contribution is 2.19. The average molecular weight is 261 g/mol. The van der Waals surface area contributed by atoms with Gasteiger partial charge in [-0.05, 0) is 25.1 Å². The summed E-state index contributed by atoms with van der Waals surface area (Å²) in [6.07, 6.45) is 3.85. The molecule has 2 rings (SSSR count). The molecule has 1 aromatic rings. The molecule has 0 spiro atoms. The Hall–Kier alpha value is -2.70. The number of nitro benzene ring substituents is 1. The van der Waals surface area contributed by atoms with Gasteiger partial charge in [-0.15, -0.1) is 0 Å². The fourth-order valence-electron chi connectivity index (χ4n) is 1.50. The van der Waals surface area contributed by atoms with Gasteiger partial charge in [0.2, 0.25) is 0 Å². The van der Waals surface area contributed by atoms with Crippen LogP contribution in [0, 0.1) is 10.1 Å². The summed E-state index contributed by atoms with van der Waals surface area (Å²) in [5, 5.41) is 10.5. The third kappa shape index (κ3) is 2.95. The van der Waals surface area contributed by atoms with Crippen LogP contribution in [-0.2, 0) is 0 Å². The molecule has 1 aliphatic heterocycles. The minimum absolute atomic E-state index is 0.0596. The molecule has 1 heterocycles. The SMILES string of the molecule is CC1N=CC=CN1C(=O)Oc1ccc([N+](=O)[O-])cc1. The van der Waals surface area contributed by atoms with Gasteiger partial charge in [0.15, 0.2) is 0 Å². The van der Waals surface area contributed by atoms with Crippen LogP contribution in [-0.4, -0.2) is 28.3 Å². The van der Waals surface area contributed by atoms with Gasteiger partial charge in [-0.3, -0.25) is 20.0 Å². The molecule has 0 saturated heterocycles. The zero-order chi connectivity index (χ0) is 13.8. The van der Waals surface area contributed by atoms with Crippen molar-refractivity contribution in [1.29, 1.82) is 0 Å². The van der Waals surface area contributed by atoms with E-state index in [0.717, 1.165) is 0 Å². The van der Waals surface area contributed by atoms with Crippen molar-refractivity contribution in [3.05, 3.63) is 46.7 Å². The Labute approximate surface area is 109 Å². The van der Waals surface area contributed by atoms with E-state index in [1.165, 1.54) is 29.2 Å². The van der Waals surface area contributed by atoms with Gasteiger partial charge in [-0.2, -0.15) is 0 Å². The first kappa shape index (κ1) is 12.7. The van der Waals surface area contributed by atoms with Crippen molar-refractivity contribution < 1.29 is 14.5 Å². The number of nitrogens with zero attached hydrogens (tertiary/aromatic N) is 3. The minimum atomic E-state index is -0.588. The molecular weight excluding hydrogens is 250 g/mol. The lowest BCUT2D eigenvalue weighted by Crippen LogP contribution is -2.36. The zero-order valence-electron chi connectivity index (χ0n) is 10.1. The van der Waals surface area contributed by atoms with Gasteiger partial charge < -0.3 is 4.74 Å². The number of benzene rings is 1. The molecule has 1 aliphatic rings. The molecule has 7 heteroatoms. The molecule has 1 amide bonds. The molecule has 7 nitrogen and oxygen atoms in total. The van der Waals surface area contributed by atoms with E-state index >= 15 is 0 Å². The van der Waals surface area contributed by atoms with Crippen LogP contribution < -0.4 is 4.74 Å². The van der Waals surface area contributed by atoms with Crippen molar-refractivity contribution in [3.63, 3.8) is 0 Å². The lowest BCUT2D eigenvalue weighted by atomic mass is 10.3. The van der Waals surface area contributed by atoms with Crippen LogP contribution in [0.4, 0.5) is 10.5 Å². The number of hydrogen-bond donors (Lipinski definition) is 0. The Morgan fingerprint density at radius 2 is 2.11 bits per heavy atom. The summed E-state index contributed by atoms with van der Waals surface area (Å²) >= 11 is 0. The standard InChI is InChI=1S/C12H11N3O4/c1-9-13-7-2-8-14(9)12(16)19-11-5-3-10(4-6-11)15(17)18/h2-9H,1H3. The summed E-state index contributed by atoms with van der Waals surface area (Å²) in [7, 11) is 0. The smallest absolute Gasteiger partial charge is 0.410 e. The molecule has 0 N–H and O–H groups in total. The lowest BCUT2D eigenvalue weighted by Gasteiger charge is -2.23. The first-order chi connectivity index (χ1) is 9.08. The number of rotatable bonds is 2. The number of aliphatic imine (C=N–C) groups is 1. The Bertz CT molecular complexity index is 551. The number of hydrogen-bond acceptors (Lipinski definition) is 5. The van der Waals surface area contributed by atoms with E-state index in [-0.39, 0.29) is 17.6 Å². The van der Waals surface area contributed by atoms with Crippen LogP contribution in [0.1, 0.15) is 6.92 Å². The van der Waals surface area contributed by atoms with Crippen LogP contribution in [0.2, 0.25) is 0 Å². The van der Waals surface area contributed by atoms with Crippen LogP contribution in [0.5, 0.6) is 5.75 Å². The van der Waals surface area contributed by atoms with Gasteiger partial charge in [0, 0.05) is 24.5 Å². The first-order valence-corrected chi connectivity index (χ1v) is 5.52. The minimum Gasteiger partial charge on any atom is -0.410 e. The summed E-state index contributed by atoms with van der Waals surface area (Å²) < 4.78 is 5.10. The van der Waals surface area contributed by atoms with Gasteiger partial charge >= 0.3 is 6.09 Å². The van der Waals surface area contributed by atoms with Gasteiger partial charge in [0.05, 0.1) is 4.92 Å². The van der Waals surface area contributed by atoms with Crippen molar-refractivity contribution in [2.24, 2.45) is 4.99 Å². The molecule has 19 heavy (non-hydrogen) atoms. The van der Waals surface area contributed by atoms with Crippen LogP contribution in [0.15, 0.2) is 41.5 Å². The monoisotopic (exact) mass is 261 g/mol. The lowest BCUT2D eigenvalue weighted by molar-refractivity contribution is -0.384. The molecule has 0 bridgehead atoms. The van der Waals surface area contributed by atoms with E-state index in [1.54, 1.807) is 25.4 Å². The maximum Gasteiger partial charge on any atom is 0.421 e. The molecule has 0 radical (unpaired) electrons. The predicted molar refractivity (Wildman–Crippen MR) is 68.1 cm³/mol. The van der Waals surface area contributed by atoms with Crippen LogP contribution >= 0.6 is 0 Å². The number of allylic oxidation sites excluding steroid dienone is 1. The Morgan fingerprint density at radius 1 is 1.42 bits per heavy atom. The molecule has 0 saturated carbocycles. The molecule has 0 aliphatic carbocycles. The zero-order valence-corrected chi connectivity index (χ0v) is 10.1. The molecule has 0 aromatic heterocycles. The molecule has 1 atom stereocenters. The fourth-order valence-corrected chi connectivity index (χ4v) is 1.50. The second kappa shape index (κ2) is 5.30. The van der Waals surface area contributed by atoms with Gasteiger partial charge in [-0.1, -0.05) is 0 Å². The normalized spacial score (nSPS) is 17.3. The summed E-state index contributed by atoms with van der Waals surface area (Å²) in [4.78, 5) is 27.2. The maximum atomic E-state index is 11.8. The third-order valence-corrected chi connectivity index (χ3v) is 2.50. The summed E-state index contributed by atoms with van der Waals surface area (Å²) in [6.45, 7) is 1.75. The van der Waals surface area contributed by atoms with E-state index in [4.69, 9.17) is 4.74 Å². The molecule has 0 fully saturated rings. The van der Waals surface area contributed by atoms with Crippen molar-refractivity contribution in [2.75, 3.05) is 0 Å².